The van der Waals surface area contributed by atoms with E-state index in [0.29, 0.717) is 18.0 Å². The molecule has 0 heterocycles. The van der Waals surface area contributed by atoms with Crippen LogP contribution in [-0.2, 0) is 0 Å². The fourth-order valence-corrected chi connectivity index (χ4v) is 2.26. The van der Waals surface area contributed by atoms with Gasteiger partial charge in [-0.25, -0.2) is 0 Å². The molecule has 0 unspecified atom stereocenters. The fourth-order valence-electron chi connectivity index (χ4n) is 1.76. The third-order valence-corrected chi connectivity index (χ3v) is 3.37. The third-order valence-electron chi connectivity index (χ3n) is 2.70. The maximum atomic E-state index is 11.9. The van der Waals surface area contributed by atoms with Crippen LogP contribution in [0.25, 0.3) is 10.8 Å². The first kappa shape index (κ1) is 14.1. The molecule has 0 atom stereocenters. The highest BCUT2D eigenvalue weighted by Gasteiger charge is 2.05. The predicted octanol–water partition coefficient (Wildman–Crippen LogP) is 4.13. The lowest BCUT2D eigenvalue weighted by molar-refractivity contribution is 0.0958. The molecule has 0 aliphatic carbocycles. The summed E-state index contributed by atoms with van der Waals surface area (Å²) in [6.07, 6.45) is 3.64. The monoisotopic (exact) mass is 337 g/mol. The van der Waals surface area contributed by atoms with Gasteiger partial charge in [-0.3, -0.25) is 4.79 Å². The van der Waals surface area contributed by atoms with Crippen molar-refractivity contribution in [2.24, 2.45) is 0 Å². The van der Waals surface area contributed by atoms with Crippen molar-refractivity contribution < 1.29 is 4.79 Å². The molecule has 0 saturated carbocycles. The third kappa shape index (κ3) is 3.82. The Morgan fingerprint density at radius 3 is 2.68 bits per heavy atom. The summed E-state index contributed by atoms with van der Waals surface area (Å²) in [5.41, 5.74) is 0.661. The summed E-state index contributed by atoms with van der Waals surface area (Å²) in [5, 5.41) is 4.97. The lowest BCUT2D eigenvalue weighted by Crippen LogP contribution is -2.23. The highest BCUT2D eigenvalue weighted by molar-refractivity contribution is 9.10. The van der Waals surface area contributed by atoms with Crippen molar-refractivity contribution in [3.63, 3.8) is 0 Å². The highest BCUT2D eigenvalue weighted by Crippen LogP contribution is 2.20. The normalized spacial score (nSPS) is 11.1. The number of rotatable bonds is 4. The van der Waals surface area contributed by atoms with Gasteiger partial charge >= 0.3 is 0 Å². The van der Waals surface area contributed by atoms with Crippen LogP contribution in [0.2, 0.25) is 0 Å². The maximum Gasteiger partial charge on any atom is 0.251 e. The van der Waals surface area contributed by atoms with Gasteiger partial charge in [-0.2, -0.15) is 0 Å². The van der Waals surface area contributed by atoms with Crippen LogP contribution in [0.5, 0.6) is 0 Å². The second-order valence-corrected chi connectivity index (χ2v) is 5.27. The summed E-state index contributed by atoms with van der Waals surface area (Å²) >= 11 is 8.94. The second-order valence-electron chi connectivity index (χ2n) is 4.04. The van der Waals surface area contributed by atoms with Crippen molar-refractivity contribution in [1.82, 2.24) is 5.32 Å². The van der Waals surface area contributed by atoms with Gasteiger partial charge in [0.2, 0.25) is 0 Å². The van der Waals surface area contributed by atoms with Crippen LogP contribution in [0.1, 0.15) is 10.4 Å². The van der Waals surface area contributed by atoms with Crippen LogP contribution in [0.3, 0.4) is 0 Å². The van der Waals surface area contributed by atoms with Crippen molar-refractivity contribution in [2.75, 3.05) is 12.4 Å². The van der Waals surface area contributed by atoms with E-state index < -0.39 is 0 Å². The Bertz CT molecular complexity index is 625. The number of carbonyl (C=O) groups is 1. The molecule has 0 radical (unpaired) electrons. The lowest BCUT2D eigenvalue weighted by Gasteiger charge is -2.04. The van der Waals surface area contributed by atoms with Gasteiger partial charge in [-0.1, -0.05) is 40.2 Å². The zero-order valence-electron chi connectivity index (χ0n) is 10.2. The molecule has 0 aromatic heterocycles. The number of hydrogen-bond donors (Lipinski definition) is 1. The first-order chi connectivity index (χ1) is 9.20. The summed E-state index contributed by atoms with van der Waals surface area (Å²) in [7, 11) is 0. The molecule has 2 nitrogen and oxygen atoms in total. The first-order valence-electron chi connectivity index (χ1n) is 5.89. The standard InChI is InChI=1S/C15H13BrClNO/c16-14-6-5-11-9-13(4-3-12(11)10-14)15(19)18-8-2-1-7-17/h1-6,9-10H,7-8H2,(H,18,19)/b2-1+. The van der Waals surface area contributed by atoms with Gasteiger partial charge in [0, 0.05) is 22.5 Å². The van der Waals surface area contributed by atoms with Gasteiger partial charge < -0.3 is 5.32 Å². The minimum absolute atomic E-state index is 0.0796. The van der Waals surface area contributed by atoms with Gasteiger partial charge in [0.05, 0.1) is 0 Å². The summed E-state index contributed by atoms with van der Waals surface area (Å²) in [6.45, 7) is 0.490. The van der Waals surface area contributed by atoms with Crippen molar-refractivity contribution in [1.29, 1.82) is 0 Å². The maximum absolute atomic E-state index is 11.9. The Kier molecular flexibility index (Phi) is 5.00. The van der Waals surface area contributed by atoms with Gasteiger partial charge in [-0.05, 0) is 35.0 Å². The molecular formula is C15H13BrClNO. The molecule has 0 fully saturated rings. The van der Waals surface area contributed by atoms with Crippen LogP contribution >= 0.6 is 27.5 Å². The summed E-state index contributed by atoms with van der Waals surface area (Å²) in [6, 6.07) is 11.7. The molecule has 0 spiro atoms. The molecule has 2 aromatic rings. The highest BCUT2D eigenvalue weighted by atomic mass is 79.9. The van der Waals surface area contributed by atoms with E-state index in [1.165, 1.54) is 0 Å². The average Bonchev–Trinajstić information content (AvgIpc) is 2.42. The van der Waals surface area contributed by atoms with Crippen LogP contribution < -0.4 is 5.32 Å². The number of carbonyl (C=O) groups excluding carboxylic acids is 1. The van der Waals surface area contributed by atoms with Gasteiger partial charge in [0.25, 0.3) is 5.91 Å². The molecule has 0 aliphatic heterocycles. The minimum atomic E-state index is -0.0796. The molecule has 2 aromatic carbocycles. The number of halogens is 2. The number of nitrogens with one attached hydrogen (secondary N) is 1. The van der Waals surface area contributed by atoms with Crippen molar-refractivity contribution >= 4 is 44.2 Å². The predicted molar refractivity (Wildman–Crippen MR) is 83.8 cm³/mol. The molecule has 4 heteroatoms. The van der Waals surface area contributed by atoms with E-state index in [1.807, 2.05) is 42.5 Å². The SMILES string of the molecule is O=C(NC/C=C/CCl)c1ccc2cc(Br)ccc2c1. The second kappa shape index (κ2) is 6.73. The van der Waals surface area contributed by atoms with Crippen molar-refractivity contribution in [3.8, 4) is 0 Å². The van der Waals surface area contributed by atoms with Crippen LogP contribution in [-0.4, -0.2) is 18.3 Å². The number of amides is 1. The largest absolute Gasteiger partial charge is 0.349 e. The zero-order valence-corrected chi connectivity index (χ0v) is 12.5. The molecule has 0 aliphatic rings. The molecule has 0 saturated heterocycles. The van der Waals surface area contributed by atoms with E-state index in [1.54, 1.807) is 6.08 Å². The Balaban J connectivity index is 2.14. The number of benzene rings is 2. The molecule has 0 bridgehead atoms. The number of allylic oxidation sites excluding steroid dienone is 1. The van der Waals surface area contributed by atoms with Crippen molar-refractivity contribution in [3.05, 3.63) is 58.6 Å². The van der Waals surface area contributed by atoms with E-state index >= 15 is 0 Å². The number of alkyl halides is 1. The Labute approximate surface area is 125 Å². The Hall–Kier alpha value is -1.32. The molecule has 19 heavy (non-hydrogen) atoms. The molecule has 98 valence electrons. The van der Waals surface area contributed by atoms with Gasteiger partial charge in [-0.15, -0.1) is 11.6 Å². The summed E-state index contributed by atoms with van der Waals surface area (Å²) in [5.74, 6) is 0.379. The van der Waals surface area contributed by atoms with Gasteiger partial charge in [0.15, 0.2) is 0 Å². The van der Waals surface area contributed by atoms with E-state index in [-0.39, 0.29) is 5.91 Å². The zero-order chi connectivity index (χ0) is 13.7. The average molecular weight is 339 g/mol. The summed E-state index contributed by atoms with van der Waals surface area (Å²) in [4.78, 5) is 11.9. The van der Waals surface area contributed by atoms with Gasteiger partial charge in [0.1, 0.15) is 0 Å². The Morgan fingerprint density at radius 2 is 1.89 bits per heavy atom. The topological polar surface area (TPSA) is 29.1 Å². The van der Waals surface area contributed by atoms with Crippen LogP contribution in [0.15, 0.2) is 53.0 Å². The van der Waals surface area contributed by atoms with Crippen LogP contribution in [0.4, 0.5) is 0 Å². The molecule has 1 N–H and O–H groups in total. The van der Waals surface area contributed by atoms with E-state index in [4.69, 9.17) is 11.6 Å². The molecular weight excluding hydrogens is 326 g/mol. The quantitative estimate of drug-likeness (QED) is 0.659. The summed E-state index contributed by atoms with van der Waals surface area (Å²) < 4.78 is 1.03. The first-order valence-corrected chi connectivity index (χ1v) is 7.22. The number of hydrogen-bond acceptors (Lipinski definition) is 1. The molecule has 1 amide bonds. The van der Waals surface area contributed by atoms with E-state index in [9.17, 15) is 4.79 Å². The lowest BCUT2D eigenvalue weighted by atomic mass is 10.1. The van der Waals surface area contributed by atoms with Crippen molar-refractivity contribution in [2.45, 2.75) is 0 Å². The van der Waals surface area contributed by atoms with E-state index in [0.717, 1.165) is 15.2 Å². The van der Waals surface area contributed by atoms with E-state index in [2.05, 4.69) is 21.2 Å². The Morgan fingerprint density at radius 1 is 1.16 bits per heavy atom. The molecule has 2 rings (SSSR count). The smallest absolute Gasteiger partial charge is 0.251 e. The fraction of sp³-hybridized carbons (Fsp3) is 0.133. The number of fused-ring (bicyclic) bond motifs is 1. The minimum Gasteiger partial charge on any atom is -0.349 e. The van der Waals surface area contributed by atoms with Crippen LogP contribution in [0, 0.1) is 0 Å².